The Morgan fingerprint density at radius 3 is 2.10 bits per heavy atom. The zero-order chi connectivity index (χ0) is 21.8. The summed E-state index contributed by atoms with van der Waals surface area (Å²) >= 11 is 0. The first kappa shape index (κ1) is 22.9. The van der Waals surface area contributed by atoms with Crippen LogP contribution in [0.15, 0.2) is 53.4 Å². The van der Waals surface area contributed by atoms with Gasteiger partial charge < -0.3 is 5.32 Å². The smallest absolute Gasteiger partial charge is 0.346 e. The van der Waals surface area contributed by atoms with E-state index in [1.807, 2.05) is 0 Å². The minimum atomic E-state index is -4.64. The molecule has 0 fully saturated rings. The number of rotatable bonds is 7. The van der Waals surface area contributed by atoms with E-state index in [9.17, 15) is 26.4 Å². The second-order valence-corrected chi connectivity index (χ2v) is 8.33. The standard InChI is InChI=1S/C20H23F3N2O3S/c1-4-25(5-2)29(27,28)16-12-10-15(11-13-16)14(3)24-19(26)17-8-6-7-9-18(17)20(21,22)23/h6-14H,4-5H2,1-3H3,(H,24,26)/t14-/m0/s1. The van der Waals surface area contributed by atoms with Crippen LogP contribution in [-0.2, 0) is 16.2 Å². The molecule has 29 heavy (non-hydrogen) atoms. The molecule has 0 saturated carbocycles. The summed E-state index contributed by atoms with van der Waals surface area (Å²) < 4.78 is 65.7. The normalized spacial score (nSPS) is 13.3. The maximum absolute atomic E-state index is 13.1. The summed E-state index contributed by atoms with van der Waals surface area (Å²) in [7, 11) is -3.61. The fraction of sp³-hybridized carbons (Fsp3) is 0.350. The van der Waals surface area contributed by atoms with Crippen molar-refractivity contribution < 1.29 is 26.4 Å². The largest absolute Gasteiger partial charge is 0.417 e. The number of carbonyl (C=O) groups is 1. The van der Waals surface area contributed by atoms with E-state index in [0.717, 1.165) is 12.1 Å². The van der Waals surface area contributed by atoms with Crippen LogP contribution < -0.4 is 5.32 Å². The predicted molar refractivity (Wildman–Crippen MR) is 104 cm³/mol. The minimum Gasteiger partial charge on any atom is -0.346 e. The Morgan fingerprint density at radius 2 is 1.59 bits per heavy atom. The summed E-state index contributed by atoms with van der Waals surface area (Å²) in [6.45, 7) is 5.77. The number of alkyl halides is 3. The second-order valence-electron chi connectivity index (χ2n) is 6.40. The van der Waals surface area contributed by atoms with Gasteiger partial charge in [-0.25, -0.2) is 8.42 Å². The molecule has 5 nitrogen and oxygen atoms in total. The van der Waals surface area contributed by atoms with Crippen LogP contribution in [0.5, 0.6) is 0 Å². The second kappa shape index (κ2) is 8.96. The third-order valence-corrected chi connectivity index (χ3v) is 6.61. The van der Waals surface area contributed by atoms with Crippen molar-refractivity contribution in [2.75, 3.05) is 13.1 Å². The monoisotopic (exact) mass is 428 g/mol. The van der Waals surface area contributed by atoms with Gasteiger partial charge in [0.1, 0.15) is 0 Å². The summed E-state index contributed by atoms with van der Waals surface area (Å²) in [6.07, 6.45) is -4.64. The summed E-state index contributed by atoms with van der Waals surface area (Å²) in [5.74, 6) is -0.856. The minimum absolute atomic E-state index is 0.117. The molecular formula is C20H23F3N2O3S. The molecule has 0 saturated heterocycles. The molecule has 0 aliphatic carbocycles. The molecule has 0 aliphatic rings. The van der Waals surface area contributed by atoms with E-state index < -0.39 is 39.3 Å². The van der Waals surface area contributed by atoms with Gasteiger partial charge in [-0.3, -0.25) is 4.79 Å². The first-order valence-electron chi connectivity index (χ1n) is 9.09. The predicted octanol–water partition coefficient (Wildman–Crippen LogP) is 4.23. The van der Waals surface area contributed by atoms with E-state index in [1.54, 1.807) is 20.8 Å². The molecule has 2 aromatic carbocycles. The fourth-order valence-corrected chi connectivity index (χ4v) is 4.39. The number of nitrogens with one attached hydrogen (secondary N) is 1. The summed E-state index contributed by atoms with van der Waals surface area (Å²) in [4.78, 5) is 12.5. The molecule has 0 unspecified atom stereocenters. The lowest BCUT2D eigenvalue weighted by Crippen LogP contribution is -2.31. The molecule has 158 valence electrons. The SMILES string of the molecule is CCN(CC)S(=O)(=O)c1ccc([C@H](C)NC(=O)c2ccccc2C(F)(F)F)cc1. The molecule has 9 heteroatoms. The van der Waals surface area contributed by atoms with E-state index >= 15 is 0 Å². The van der Waals surface area contributed by atoms with Crippen molar-refractivity contribution in [1.82, 2.24) is 9.62 Å². The third kappa shape index (κ3) is 5.16. The number of hydrogen-bond acceptors (Lipinski definition) is 3. The van der Waals surface area contributed by atoms with Crippen molar-refractivity contribution in [3.8, 4) is 0 Å². The van der Waals surface area contributed by atoms with Gasteiger partial charge in [0.15, 0.2) is 0 Å². The zero-order valence-corrected chi connectivity index (χ0v) is 17.1. The van der Waals surface area contributed by atoms with E-state index in [-0.39, 0.29) is 4.90 Å². The molecule has 0 heterocycles. The number of amides is 1. The van der Waals surface area contributed by atoms with Crippen LogP contribution in [0.1, 0.15) is 48.3 Å². The first-order chi connectivity index (χ1) is 13.5. The van der Waals surface area contributed by atoms with Crippen molar-refractivity contribution in [3.63, 3.8) is 0 Å². The van der Waals surface area contributed by atoms with Crippen molar-refractivity contribution in [1.29, 1.82) is 0 Å². The molecule has 1 amide bonds. The van der Waals surface area contributed by atoms with Crippen molar-refractivity contribution in [2.45, 2.75) is 37.9 Å². The highest BCUT2D eigenvalue weighted by molar-refractivity contribution is 7.89. The van der Waals surface area contributed by atoms with Gasteiger partial charge in [-0.15, -0.1) is 0 Å². The van der Waals surface area contributed by atoms with Crippen molar-refractivity contribution in [3.05, 3.63) is 65.2 Å². The van der Waals surface area contributed by atoms with Gasteiger partial charge in [-0.05, 0) is 36.8 Å². The van der Waals surface area contributed by atoms with Crippen LogP contribution in [-0.4, -0.2) is 31.7 Å². The third-order valence-electron chi connectivity index (χ3n) is 4.55. The van der Waals surface area contributed by atoms with Crippen LogP contribution in [0.3, 0.4) is 0 Å². The Kier molecular flexibility index (Phi) is 7.07. The zero-order valence-electron chi connectivity index (χ0n) is 16.3. The average molecular weight is 428 g/mol. The van der Waals surface area contributed by atoms with E-state index in [0.29, 0.717) is 18.7 Å². The number of sulfonamides is 1. The topological polar surface area (TPSA) is 66.5 Å². The Bertz CT molecular complexity index is 954. The Labute approximate surface area is 168 Å². The summed E-state index contributed by atoms with van der Waals surface area (Å²) in [5.41, 5.74) is -0.903. The molecule has 2 rings (SSSR count). The molecular weight excluding hydrogens is 405 g/mol. The highest BCUT2D eigenvalue weighted by atomic mass is 32.2. The molecule has 0 spiro atoms. The lowest BCUT2D eigenvalue weighted by molar-refractivity contribution is -0.137. The number of nitrogens with zero attached hydrogens (tertiary/aromatic N) is 1. The number of carbonyl (C=O) groups excluding carboxylic acids is 1. The van der Waals surface area contributed by atoms with Crippen molar-refractivity contribution in [2.24, 2.45) is 0 Å². The summed E-state index contributed by atoms with van der Waals surface area (Å²) in [5, 5.41) is 2.53. The number of hydrogen-bond donors (Lipinski definition) is 1. The maximum atomic E-state index is 13.1. The van der Waals surface area contributed by atoms with Crippen LogP contribution in [0, 0.1) is 0 Å². The lowest BCUT2D eigenvalue weighted by atomic mass is 10.0. The Balaban J connectivity index is 2.21. The van der Waals surface area contributed by atoms with Gasteiger partial charge in [-0.2, -0.15) is 17.5 Å². The van der Waals surface area contributed by atoms with Gasteiger partial charge >= 0.3 is 6.18 Å². The van der Waals surface area contributed by atoms with E-state index in [1.165, 1.54) is 40.7 Å². The molecule has 0 aromatic heterocycles. The number of benzene rings is 2. The van der Waals surface area contributed by atoms with Crippen LogP contribution in [0.4, 0.5) is 13.2 Å². The van der Waals surface area contributed by atoms with Crippen LogP contribution >= 0.6 is 0 Å². The fourth-order valence-electron chi connectivity index (χ4n) is 2.93. The molecule has 2 aromatic rings. The summed E-state index contributed by atoms with van der Waals surface area (Å²) in [6, 6.07) is 9.86. The molecule has 0 bridgehead atoms. The van der Waals surface area contributed by atoms with Gasteiger partial charge in [0.2, 0.25) is 10.0 Å². The first-order valence-corrected chi connectivity index (χ1v) is 10.5. The van der Waals surface area contributed by atoms with Gasteiger partial charge in [0.05, 0.1) is 22.1 Å². The molecule has 1 atom stereocenters. The molecule has 1 N–H and O–H groups in total. The van der Waals surface area contributed by atoms with Crippen molar-refractivity contribution >= 4 is 15.9 Å². The van der Waals surface area contributed by atoms with Gasteiger partial charge in [0, 0.05) is 13.1 Å². The maximum Gasteiger partial charge on any atom is 0.417 e. The number of halogens is 3. The highest BCUT2D eigenvalue weighted by Crippen LogP contribution is 2.32. The molecule has 0 aliphatic heterocycles. The average Bonchev–Trinajstić information content (AvgIpc) is 2.68. The quantitative estimate of drug-likeness (QED) is 0.718. The Morgan fingerprint density at radius 1 is 1.03 bits per heavy atom. The molecule has 0 radical (unpaired) electrons. The van der Waals surface area contributed by atoms with E-state index in [4.69, 9.17) is 0 Å². The lowest BCUT2D eigenvalue weighted by Gasteiger charge is -2.20. The van der Waals surface area contributed by atoms with Gasteiger partial charge in [-0.1, -0.05) is 38.1 Å². The van der Waals surface area contributed by atoms with Crippen LogP contribution in [0.25, 0.3) is 0 Å². The Hall–Kier alpha value is -2.39. The van der Waals surface area contributed by atoms with E-state index in [2.05, 4.69) is 5.32 Å². The van der Waals surface area contributed by atoms with Gasteiger partial charge in [0.25, 0.3) is 5.91 Å². The highest BCUT2D eigenvalue weighted by Gasteiger charge is 2.35. The van der Waals surface area contributed by atoms with Crippen LogP contribution in [0.2, 0.25) is 0 Å².